The van der Waals surface area contributed by atoms with Crippen molar-refractivity contribution in [3.63, 3.8) is 0 Å². The first kappa shape index (κ1) is 17.9. The first-order valence-corrected chi connectivity index (χ1v) is 7.09. The molecule has 0 aliphatic heterocycles. The van der Waals surface area contributed by atoms with Crippen LogP contribution in [-0.2, 0) is 4.79 Å². The molecule has 0 aliphatic rings. The highest BCUT2D eigenvalue weighted by Gasteiger charge is 2.17. The van der Waals surface area contributed by atoms with Crippen LogP contribution in [0.5, 0.6) is 5.75 Å². The molecule has 0 radical (unpaired) electrons. The highest BCUT2D eigenvalue weighted by Crippen LogP contribution is 2.31. The highest BCUT2D eigenvalue weighted by molar-refractivity contribution is 6.31. The van der Waals surface area contributed by atoms with Gasteiger partial charge in [0.05, 0.1) is 12.8 Å². The normalized spacial score (nSPS) is 11.6. The third-order valence-corrected chi connectivity index (χ3v) is 3.11. The highest BCUT2D eigenvalue weighted by atomic mass is 35.5. The minimum atomic E-state index is -0.438. The van der Waals surface area contributed by atoms with Crippen molar-refractivity contribution < 1.29 is 9.53 Å². The Labute approximate surface area is 135 Å². The molecule has 0 unspecified atom stereocenters. The maximum atomic E-state index is 12.0. The average Bonchev–Trinajstić information content (AvgIpc) is 2.40. The number of nitrogens with one attached hydrogen (secondary N) is 2. The van der Waals surface area contributed by atoms with Gasteiger partial charge in [-0.05, 0) is 39.3 Å². The molecule has 0 spiro atoms. The summed E-state index contributed by atoms with van der Waals surface area (Å²) in [4.78, 5) is 12.0. The number of anilines is 1. The molecule has 1 amide bonds. The zero-order valence-electron chi connectivity index (χ0n) is 13.4. The fourth-order valence-electron chi connectivity index (χ4n) is 1.65. The number of carbonyl (C=O) groups is 1. The number of halogens is 1. The molecule has 1 aromatic carbocycles. The van der Waals surface area contributed by atoms with E-state index in [-0.39, 0.29) is 5.57 Å². The summed E-state index contributed by atoms with van der Waals surface area (Å²) in [5.41, 5.74) is 1.04. The third-order valence-electron chi connectivity index (χ3n) is 2.71. The Morgan fingerprint density at radius 2 is 2.05 bits per heavy atom. The smallest absolute Gasteiger partial charge is 0.263 e. The van der Waals surface area contributed by atoms with E-state index in [0.717, 1.165) is 5.56 Å². The van der Waals surface area contributed by atoms with Gasteiger partial charge in [-0.1, -0.05) is 11.6 Å². The summed E-state index contributed by atoms with van der Waals surface area (Å²) in [6.07, 6.45) is 1.35. The minimum Gasteiger partial charge on any atom is -0.495 e. The van der Waals surface area contributed by atoms with Gasteiger partial charge in [0.2, 0.25) is 0 Å². The van der Waals surface area contributed by atoms with Gasteiger partial charge >= 0.3 is 0 Å². The largest absolute Gasteiger partial charge is 0.495 e. The SMILES string of the molecule is COc1cc(Cl)c(C)cc1N/C=C(/C#N)C(=O)NC(C)(C)C. The molecule has 1 rings (SSSR count). The lowest BCUT2D eigenvalue weighted by Crippen LogP contribution is -2.41. The quantitative estimate of drug-likeness (QED) is 0.658. The first-order valence-electron chi connectivity index (χ1n) is 6.71. The van der Waals surface area contributed by atoms with E-state index in [4.69, 9.17) is 21.6 Å². The third kappa shape index (κ3) is 4.97. The molecule has 0 fully saturated rings. The molecule has 0 atom stereocenters. The van der Waals surface area contributed by atoms with Gasteiger partial charge in [0, 0.05) is 22.8 Å². The number of amides is 1. The molecule has 0 saturated carbocycles. The van der Waals surface area contributed by atoms with Crippen LogP contribution in [0.3, 0.4) is 0 Å². The number of nitriles is 1. The van der Waals surface area contributed by atoms with Crippen LogP contribution < -0.4 is 15.4 Å². The van der Waals surface area contributed by atoms with E-state index in [9.17, 15) is 4.79 Å². The number of ether oxygens (including phenoxy) is 1. The van der Waals surface area contributed by atoms with Crippen LogP contribution in [0.25, 0.3) is 0 Å². The van der Waals surface area contributed by atoms with Crippen LogP contribution in [-0.4, -0.2) is 18.6 Å². The summed E-state index contributed by atoms with van der Waals surface area (Å²) >= 11 is 6.04. The van der Waals surface area contributed by atoms with Crippen LogP contribution in [0, 0.1) is 18.3 Å². The second-order valence-electron chi connectivity index (χ2n) is 5.82. The summed E-state index contributed by atoms with van der Waals surface area (Å²) < 4.78 is 5.23. The van der Waals surface area contributed by atoms with Crippen LogP contribution >= 0.6 is 11.6 Å². The van der Waals surface area contributed by atoms with Crippen molar-refractivity contribution in [1.82, 2.24) is 5.32 Å². The van der Waals surface area contributed by atoms with Gasteiger partial charge in [0.1, 0.15) is 17.4 Å². The van der Waals surface area contributed by atoms with Crippen molar-refractivity contribution >= 4 is 23.2 Å². The number of hydrogen-bond donors (Lipinski definition) is 2. The van der Waals surface area contributed by atoms with Gasteiger partial charge in [-0.15, -0.1) is 0 Å². The van der Waals surface area contributed by atoms with Crippen LogP contribution in [0.15, 0.2) is 23.9 Å². The minimum absolute atomic E-state index is 0.0235. The van der Waals surface area contributed by atoms with E-state index in [0.29, 0.717) is 16.5 Å². The first-order chi connectivity index (χ1) is 10.2. The summed E-state index contributed by atoms with van der Waals surface area (Å²) in [6, 6.07) is 5.34. The van der Waals surface area contributed by atoms with Crippen molar-refractivity contribution in [2.24, 2.45) is 0 Å². The summed E-state index contributed by atoms with van der Waals surface area (Å²) in [6.45, 7) is 7.39. The Kier molecular flexibility index (Phi) is 5.84. The number of nitrogens with zero attached hydrogens (tertiary/aromatic N) is 1. The number of rotatable bonds is 4. The molecule has 5 nitrogen and oxygen atoms in total. The molecule has 118 valence electrons. The predicted octanol–water partition coefficient (Wildman–Crippen LogP) is 3.39. The Bertz CT molecular complexity index is 640. The topological polar surface area (TPSA) is 74.1 Å². The Morgan fingerprint density at radius 1 is 1.41 bits per heavy atom. The zero-order chi connectivity index (χ0) is 16.9. The molecule has 0 heterocycles. The Morgan fingerprint density at radius 3 is 2.55 bits per heavy atom. The summed E-state index contributed by atoms with van der Waals surface area (Å²) in [5, 5.41) is 15.4. The second-order valence-corrected chi connectivity index (χ2v) is 6.23. The summed E-state index contributed by atoms with van der Waals surface area (Å²) in [5.74, 6) is 0.0903. The molecule has 0 aromatic heterocycles. The Hall–Kier alpha value is -2.19. The van der Waals surface area contributed by atoms with E-state index < -0.39 is 11.4 Å². The molecular formula is C16H20ClN3O2. The second kappa shape index (κ2) is 7.19. The molecular weight excluding hydrogens is 302 g/mol. The number of hydrogen-bond acceptors (Lipinski definition) is 4. The molecule has 22 heavy (non-hydrogen) atoms. The van der Waals surface area contributed by atoms with Gasteiger partial charge in [-0.25, -0.2) is 0 Å². The number of carbonyl (C=O) groups excluding carboxylic acids is 1. The monoisotopic (exact) mass is 321 g/mol. The Balaban J connectivity index is 3.01. The van der Waals surface area contributed by atoms with Gasteiger partial charge < -0.3 is 15.4 Å². The van der Waals surface area contributed by atoms with Crippen LogP contribution in [0.1, 0.15) is 26.3 Å². The molecule has 0 bridgehead atoms. The van der Waals surface area contributed by atoms with Gasteiger partial charge in [-0.2, -0.15) is 5.26 Å². The van der Waals surface area contributed by atoms with Crippen molar-refractivity contribution in [3.8, 4) is 11.8 Å². The van der Waals surface area contributed by atoms with Gasteiger partial charge in [0.15, 0.2) is 0 Å². The van der Waals surface area contributed by atoms with E-state index >= 15 is 0 Å². The maximum Gasteiger partial charge on any atom is 0.263 e. The van der Waals surface area contributed by atoms with Gasteiger partial charge in [0.25, 0.3) is 5.91 Å². The van der Waals surface area contributed by atoms with E-state index in [1.165, 1.54) is 13.3 Å². The predicted molar refractivity (Wildman–Crippen MR) is 88.0 cm³/mol. The lowest BCUT2D eigenvalue weighted by atomic mass is 10.1. The standard InChI is InChI=1S/C16H20ClN3O2/c1-10-6-13(14(22-5)7-12(10)17)19-9-11(8-18)15(21)20-16(2,3)4/h6-7,9,19H,1-5H3,(H,20,21)/b11-9-. The molecule has 1 aromatic rings. The lowest BCUT2D eigenvalue weighted by molar-refractivity contribution is -0.118. The molecule has 0 aliphatic carbocycles. The lowest BCUT2D eigenvalue weighted by Gasteiger charge is -2.20. The molecule has 6 heteroatoms. The zero-order valence-corrected chi connectivity index (χ0v) is 14.1. The van der Waals surface area contributed by atoms with E-state index in [2.05, 4.69) is 10.6 Å². The molecule has 2 N–H and O–H groups in total. The summed E-state index contributed by atoms with van der Waals surface area (Å²) in [7, 11) is 1.52. The van der Waals surface area contributed by atoms with Gasteiger partial charge in [-0.3, -0.25) is 4.79 Å². The molecule has 0 saturated heterocycles. The van der Waals surface area contributed by atoms with Crippen LogP contribution in [0.4, 0.5) is 5.69 Å². The van der Waals surface area contributed by atoms with E-state index in [1.54, 1.807) is 12.1 Å². The fraction of sp³-hybridized carbons (Fsp3) is 0.375. The van der Waals surface area contributed by atoms with E-state index in [1.807, 2.05) is 33.8 Å². The maximum absolute atomic E-state index is 12.0. The van der Waals surface area contributed by atoms with Crippen LogP contribution in [0.2, 0.25) is 5.02 Å². The number of benzene rings is 1. The van der Waals surface area contributed by atoms with Crippen molar-refractivity contribution in [1.29, 1.82) is 5.26 Å². The van der Waals surface area contributed by atoms with Crippen molar-refractivity contribution in [2.45, 2.75) is 33.2 Å². The number of methoxy groups -OCH3 is 1. The van der Waals surface area contributed by atoms with Crippen molar-refractivity contribution in [2.75, 3.05) is 12.4 Å². The number of aryl methyl sites for hydroxylation is 1. The average molecular weight is 322 g/mol. The van der Waals surface area contributed by atoms with Crippen molar-refractivity contribution in [3.05, 3.63) is 34.5 Å². The fourth-order valence-corrected chi connectivity index (χ4v) is 1.81.